The van der Waals surface area contributed by atoms with Gasteiger partial charge in [0.15, 0.2) is 5.78 Å². The molecule has 0 bridgehead atoms. The smallest absolute Gasteiger partial charge is 0.162 e. The highest BCUT2D eigenvalue weighted by Crippen LogP contribution is 2.11. The lowest BCUT2D eigenvalue weighted by Crippen LogP contribution is -2.03. The number of rotatable bonds is 5. The van der Waals surface area contributed by atoms with Gasteiger partial charge in [-0.05, 0) is 50.1 Å². The quantitative estimate of drug-likeness (QED) is 0.598. The highest BCUT2D eigenvalue weighted by atomic mass is 19.1. The van der Waals surface area contributed by atoms with E-state index in [0.717, 1.165) is 18.4 Å². The molecule has 2 N–H and O–H groups in total. The minimum atomic E-state index is -0.350. The van der Waals surface area contributed by atoms with Crippen molar-refractivity contribution in [2.24, 2.45) is 5.73 Å². The van der Waals surface area contributed by atoms with Crippen molar-refractivity contribution >= 4 is 5.78 Å². The summed E-state index contributed by atoms with van der Waals surface area (Å²) in [5.41, 5.74) is 6.57. The lowest BCUT2D eigenvalue weighted by molar-refractivity contribution is 0.0979. The summed E-state index contributed by atoms with van der Waals surface area (Å²) >= 11 is 0. The largest absolute Gasteiger partial charge is 0.330 e. The Hall–Kier alpha value is -1.22. The van der Waals surface area contributed by atoms with Gasteiger partial charge in [0.1, 0.15) is 5.82 Å². The van der Waals surface area contributed by atoms with Crippen molar-refractivity contribution in [3.8, 4) is 0 Å². The summed E-state index contributed by atoms with van der Waals surface area (Å²) in [7, 11) is 0. The molecular weight excluding hydrogens is 193 g/mol. The molecule has 0 saturated heterocycles. The van der Waals surface area contributed by atoms with Crippen molar-refractivity contribution in [2.75, 3.05) is 6.54 Å². The Balaban J connectivity index is 2.65. The van der Waals surface area contributed by atoms with E-state index >= 15 is 0 Å². The van der Waals surface area contributed by atoms with Crippen molar-refractivity contribution in [3.63, 3.8) is 0 Å². The average molecular weight is 209 g/mol. The Kier molecular flexibility index (Phi) is 4.43. The molecule has 1 rings (SSSR count). The third-order valence-electron chi connectivity index (χ3n) is 2.22. The highest BCUT2D eigenvalue weighted by Gasteiger charge is 2.07. The number of halogens is 1. The Morgan fingerprint density at radius 3 is 2.67 bits per heavy atom. The fraction of sp³-hybridized carbons (Fsp3) is 0.417. The molecule has 0 atom stereocenters. The van der Waals surface area contributed by atoms with Gasteiger partial charge in [-0.1, -0.05) is 0 Å². The molecule has 0 saturated carbocycles. The molecule has 3 heteroatoms. The minimum Gasteiger partial charge on any atom is -0.330 e. The maximum absolute atomic E-state index is 13.0. The highest BCUT2D eigenvalue weighted by molar-refractivity contribution is 5.96. The maximum Gasteiger partial charge on any atom is 0.162 e. The van der Waals surface area contributed by atoms with E-state index in [1.807, 2.05) is 0 Å². The van der Waals surface area contributed by atoms with Gasteiger partial charge in [-0.3, -0.25) is 4.79 Å². The summed E-state index contributed by atoms with van der Waals surface area (Å²) in [6.45, 7) is 2.37. The monoisotopic (exact) mass is 209 g/mol. The number of ketones is 1. The van der Waals surface area contributed by atoms with Gasteiger partial charge in [0.2, 0.25) is 0 Å². The normalized spacial score (nSPS) is 10.3. The van der Waals surface area contributed by atoms with Crippen LogP contribution in [0.25, 0.3) is 0 Å². The Morgan fingerprint density at radius 2 is 2.07 bits per heavy atom. The average Bonchev–Trinajstić information content (AvgIpc) is 2.16. The van der Waals surface area contributed by atoms with Crippen LogP contribution in [0, 0.1) is 12.7 Å². The molecule has 0 amide bonds. The van der Waals surface area contributed by atoms with Gasteiger partial charge in [-0.25, -0.2) is 4.39 Å². The number of hydrogen-bond donors (Lipinski definition) is 1. The van der Waals surface area contributed by atoms with Crippen LogP contribution in [0.3, 0.4) is 0 Å². The van der Waals surface area contributed by atoms with Crippen molar-refractivity contribution < 1.29 is 9.18 Å². The summed E-state index contributed by atoms with van der Waals surface area (Å²) in [5.74, 6) is -0.358. The predicted octanol–water partition coefficient (Wildman–Crippen LogP) is 2.45. The number of aryl methyl sites for hydroxylation is 1. The number of carbonyl (C=O) groups excluding carboxylic acids is 1. The molecule has 0 aliphatic carbocycles. The maximum atomic E-state index is 13.0. The zero-order valence-electron chi connectivity index (χ0n) is 8.92. The minimum absolute atomic E-state index is 0.00829. The fourth-order valence-electron chi connectivity index (χ4n) is 1.47. The molecule has 0 aromatic heterocycles. The van der Waals surface area contributed by atoms with Crippen molar-refractivity contribution in [2.45, 2.75) is 26.2 Å². The number of carbonyl (C=O) groups is 1. The molecule has 0 aliphatic rings. The first-order valence-corrected chi connectivity index (χ1v) is 5.14. The third kappa shape index (κ3) is 3.80. The first-order valence-electron chi connectivity index (χ1n) is 5.14. The van der Waals surface area contributed by atoms with Crippen molar-refractivity contribution in [1.29, 1.82) is 0 Å². The van der Waals surface area contributed by atoms with E-state index in [-0.39, 0.29) is 11.6 Å². The first-order chi connectivity index (χ1) is 7.13. The molecule has 0 heterocycles. The van der Waals surface area contributed by atoms with E-state index in [2.05, 4.69) is 0 Å². The number of nitrogens with two attached hydrogens (primary N) is 1. The standard InChI is InChI=1S/C12H16FNO/c1-9-6-10(8-11(13)7-9)12(15)4-2-3-5-14/h6-8H,2-5,14H2,1H3. The van der Waals surface area contributed by atoms with Crippen LogP contribution < -0.4 is 5.73 Å². The number of hydrogen-bond acceptors (Lipinski definition) is 2. The van der Waals surface area contributed by atoms with Gasteiger partial charge in [-0.15, -0.1) is 0 Å². The lowest BCUT2D eigenvalue weighted by Gasteiger charge is -2.02. The van der Waals surface area contributed by atoms with Crippen LogP contribution in [0.1, 0.15) is 35.2 Å². The van der Waals surface area contributed by atoms with Gasteiger partial charge in [0.25, 0.3) is 0 Å². The zero-order chi connectivity index (χ0) is 11.3. The molecule has 2 nitrogen and oxygen atoms in total. The summed E-state index contributed by atoms with van der Waals surface area (Å²) in [5, 5.41) is 0. The Morgan fingerprint density at radius 1 is 1.33 bits per heavy atom. The molecule has 0 aliphatic heterocycles. The summed E-state index contributed by atoms with van der Waals surface area (Å²) in [4.78, 5) is 11.6. The van der Waals surface area contributed by atoms with Crippen molar-refractivity contribution in [3.05, 3.63) is 35.1 Å². The summed E-state index contributed by atoms with van der Waals surface area (Å²) in [6.07, 6.45) is 2.05. The SMILES string of the molecule is Cc1cc(F)cc(C(=O)CCCCN)c1. The second kappa shape index (κ2) is 5.61. The fourth-order valence-corrected chi connectivity index (χ4v) is 1.47. The van der Waals surface area contributed by atoms with E-state index < -0.39 is 0 Å². The number of unbranched alkanes of at least 4 members (excludes halogenated alkanes) is 1. The number of benzene rings is 1. The van der Waals surface area contributed by atoms with Crippen LogP contribution in [0.2, 0.25) is 0 Å². The van der Waals surface area contributed by atoms with Gasteiger partial charge < -0.3 is 5.73 Å². The second-order valence-corrected chi connectivity index (χ2v) is 3.69. The van der Waals surface area contributed by atoms with Gasteiger partial charge in [0, 0.05) is 12.0 Å². The lowest BCUT2D eigenvalue weighted by atomic mass is 10.0. The van der Waals surface area contributed by atoms with E-state index in [0.29, 0.717) is 18.5 Å². The van der Waals surface area contributed by atoms with E-state index in [1.165, 1.54) is 12.1 Å². The van der Waals surface area contributed by atoms with Crippen LogP contribution in [0.15, 0.2) is 18.2 Å². The molecule has 1 aromatic rings. The van der Waals surface area contributed by atoms with Crippen LogP contribution >= 0.6 is 0 Å². The molecule has 0 fully saturated rings. The molecule has 0 unspecified atom stereocenters. The van der Waals surface area contributed by atoms with Crippen LogP contribution in [0.5, 0.6) is 0 Å². The molecule has 0 radical (unpaired) electrons. The summed E-state index contributed by atoms with van der Waals surface area (Å²) < 4.78 is 13.0. The third-order valence-corrected chi connectivity index (χ3v) is 2.22. The Labute approximate surface area is 89.3 Å². The van der Waals surface area contributed by atoms with Gasteiger partial charge in [-0.2, -0.15) is 0 Å². The first kappa shape index (κ1) is 11.9. The summed E-state index contributed by atoms with van der Waals surface area (Å²) in [6, 6.07) is 4.42. The van der Waals surface area contributed by atoms with Gasteiger partial charge in [0.05, 0.1) is 0 Å². The van der Waals surface area contributed by atoms with Crippen LogP contribution in [-0.2, 0) is 0 Å². The van der Waals surface area contributed by atoms with E-state index in [1.54, 1.807) is 13.0 Å². The Bertz CT molecular complexity index is 329. The number of Topliss-reactive ketones (excluding diaryl/α,β-unsaturated/α-hetero) is 1. The van der Waals surface area contributed by atoms with Crippen LogP contribution in [0.4, 0.5) is 4.39 Å². The second-order valence-electron chi connectivity index (χ2n) is 3.69. The van der Waals surface area contributed by atoms with E-state index in [4.69, 9.17) is 5.73 Å². The molecule has 0 spiro atoms. The molecule has 82 valence electrons. The zero-order valence-corrected chi connectivity index (χ0v) is 8.92. The molecule has 15 heavy (non-hydrogen) atoms. The topological polar surface area (TPSA) is 43.1 Å². The predicted molar refractivity (Wildman–Crippen MR) is 58.4 cm³/mol. The molecular formula is C12H16FNO. The van der Waals surface area contributed by atoms with Crippen LogP contribution in [-0.4, -0.2) is 12.3 Å². The van der Waals surface area contributed by atoms with Crippen molar-refractivity contribution in [1.82, 2.24) is 0 Å². The van der Waals surface area contributed by atoms with E-state index in [9.17, 15) is 9.18 Å². The molecule has 1 aromatic carbocycles. The van der Waals surface area contributed by atoms with Gasteiger partial charge >= 0.3 is 0 Å².